The summed E-state index contributed by atoms with van der Waals surface area (Å²) in [5, 5.41) is 12.7. The van der Waals surface area contributed by atoms with Crippen molar-refractivity contribution in [3.8, 4) is 5.75 Å². The molecule has 0 unspecified atom stereocenters. The summed E-state index contributed by atoms with van der Waals surface area (Å²) in [7, 11) is -0.779. The minimum Gasteiger partial charge on any atom is -0.506 e. The molecule has 2 N–H and O–H groups in total. The molecule has 1 amide bonds. The zero-order chi connectivity index (χ0) is 19.7. The minimum absolute atomic E-state index is 0.0304. The molecule has 0 heterocycles. The molecule has 0 bridgehead atoms. The van der Waals surface area contributed by atoms with Gasteiger partial charge in [0.15, 0.2) is 0 Å². The first-order valence-electron chi connectivity index (χ1n) is 8.10. The smallest absolute Gasteiger partial charge is 0.255 e. The normalized spacial score (nSPS) is 12.2. The minimum atomic E-state index is -3.64. The van der Waals surface area contributed by atoms with Crippen molar-refractivity contribution < 1.29 is 18.3 Å². The number of hydrogen-bond acceptors (Lipinski definition) is 4. The van der Waals surface area contributed by atoms with Crippen LogP contribution in [0.15, 0.2) is 47.4 Å². The number of hydrogen-bond donors (Lipinski definition) is 2. The van der Waals surface area contributed by atoms with Crippen LogP contribution in [0.5, 0.6) is 5.75 Å². The Morgan fingerprint density at radius 3 is 2.31 bits per heavy atom. The number of aromatic hydroxyl groups is 1. The summed E-state index contributed by atoms with van der Waals surface area (Å²) in [6, 6.07) is 10.8. The number of benzene rings is 2. The first-order valence-corrected chi connectivity index (χ1v) is 9.54. The van der Waals surface area contributed by atoms with Crippen molar-refractivity contribution in [2.75, 3.05) is 19.4 Å². The van der Waals surface area contributed by atoms with E-state index in [-0.39, 0.29) is 27.3 Å². The highest BCUT2D eigenvalue weighted by Gasteiger charge is 2.20. The fourth-order valence-electron chi connectivity index (χ4n) is 2.31. The molecule has 0 saturated heterocycles. The van der Waals surface area contributed by atoms with Crippen molar-refractivity contribution in [3.05, 3.63) is 53.6 Å². The summed E-state index contributed by atoms with van der Waals surface area (Å²) in [6.07, 6.45) is 0. The summed E-state index contributed by atoms with van der Waals surface area (Å²) >= 11 is 0. The molecule has 0 aliphatic carbocycles. The van der Waals surface area contributed by atoms with E-state index in [1.54, 1.807) is 12.1 Å². The molecular weight excluding hydrogens is 352 g/mol. The SMILES string of the molecule is CN(C)S(=O)(=O)c1cccc(C(=O)Nc2cc(C(C)(C)C)ccc2O)c1. The second kappa shape index (κ2) is 7.09. The highest BCUT2D eigenvalue weighted by molar-refractivity contribution is 7.89. The number of carbonyl (C=O) groups is 1. The van der Waals surface area contributed by atoms with Gasteiger partial charge in [0.1, 0.15) is 5.75 Å². The highest BCUT2D eigenvalue weighted by atomic mass is 32.2. The van der Waals surface area contributed by atoms with Crippen LogP contribution in [0.1, 0.15) is 36.7 Å². The zero-order valence-corrected chi connectivity index (χ0v) is 16.4. The van der Waals surface area contributed by atoms with Crippen LogP contribution in [0.2, 0.25) is 0 Å². The fourth-order valence-corrected chi connectivity index (χ4v) is 3.25. The van der Waals surface area contributed by atoms with E-state index in [2.05, 4.69) is 5.32 Å². The third-order valence-corrected chi connectivity index (χ3v) is 5.80. The van der Waals surface area contributed by atoms with Crippen LogP contribution in [0, 0.1) is 0 Å². The van der Waals surface area contributed by atoms with Gasteiger partial charge < -0.3 is 10.4 Å². The fraction of sp³-hybridized carbons (Fsp3) is 0.316. The van der Waals surface area contributed by atoms with E-state index in [0.717, 1.165) is 9.87 Å². The molecule has 2 aromatic rings. The van der Waals surface area contributed by atoms with E-state index < -0.39 is 15.9 Å². The third kappa shape index (κ3) is 4.23. The summed E-state index contributed by atoms with van der Waals surface area (Å²) < 4.78 is 25.5. The van der Waals surface area contributed by atoms with E-state index in [0.29, 0.717) is 0 Å². The number of amides is 1. The van der Waals surface area contributed by atoms with Gasteiger partial charge in [0.05, 0.1) is 10.6 Å². The van der Waals surface area contributed by atoms with Gasteiger partial charge >= 0.3 is 0 Å². The van der Waals surface area contributed by atoms with Crippen LogP contribution in [0.3, 0.4) is 0 Å². The molecule has 140 valence electrons. The van der Waals surface area contributed by atoms with Crippen molar-refractivity contribution in [1.82, 2.24) is 4.31 Å². The summed E-state index contributed by atoms with van der Waals surface area (Å²) in [5.74, 6) is -0.550. The molecule has 0 aromatic heterocycles. The molecule has 2 aromatic carbocycles. The van der Waals surface area contributed by atoms with Gasteiger partial charge in [0.25, 0.3) is 5.91 Å². The van der Waals surface area contributed by atoms with Crippen molar-refractivity contribution in [2.24, 2.45) is 0 Å². The van der Waals surface area contributed by atoms with Crippen LogP contribution in [-0.2, 0) is 15.4 Å². The van der Waals surface area contributed by atoms with Gasteiger partial charge in [-0.05, 0) is 41.3 Å². The standard InChI is InChI=1S/C19H24N2O4S/c1-19(2,3)14-9-10-17(22)16(12-14)20-18(23)13-7-6-8-15(11-13)26(24,25)21(4)5/h6-12,22H,1-5H3,(H,20,23). The van der Waals surface area contributed by atoms with E-state index >= 15 is 0 Å². The molecule has 0 saturated carbocycles. The number of sulfonamides is 1. The van der Waals surface area contributed by atoms with Gasteiger partial charge in [-0.15, -0.1) is 0 Å². The maximum atomic E-state index is 12.5. The largest absolute Gasteiger partial charge is 0.506 e. The number of rotatable bonds is 4. The molecule has 0 atom stereocenters. The summed E-state index contributed by atoms with van der Waals surface area (Å²) in [5.41, 5.74) is 1.28. The van der Waals surface area contributed by atoms with Gasteiger partial charge in [-0.3, -0.25) is 4.79 Å². The maximum absolute atomic E-state index is 12.5. The lowest BCUT2D eigenvalue weighted by molar-refractivity contribution is 0.102. The Hall–Kier alpha value is -2.38. The van der Waals surface area contributed by atoms with E-state index in [9.17, 15) is 18.3 Å². The number of nitrogens with zero attached hydrogens (tertiary/aromatic N) is 1. The molecule has 0 fully saturated rings. The topological polar surface area (TPSA) is 86.7 Å². The molecule has 0 spiro atoms. The Kier molecular flexibility index (Phi) is 5.44. The second-order valence-corrected chi connectivity index (χ2v) is 9.40. The average molecular weight is 376 g/mol. The molecule has 7 heteroatoms. The summed E-state index contributed by atoms with van der Waals surface area (Å²) in [4.78, 5) is 12.6. The van der Waals surface area contributed by atoms with Crippen LogP contribution in [0.25, 0.3) is 0 Å². The lowest BCUT2D eigenvalue weighted by Crippen LogP contribution is -2.22. The van der Waals surface area contributed by atoms with Gasteiger partial charge in [-0.25, -0.2) is 12.7 Å². The monoisotopic (exact) mass is 376 g/mol. The number of carbonyl (C=O) groups excluding carboxylic acids is 1. The predicted molar refractivity (Wildman–Crippen MR) is 102 cm³/mol. The maximum Gasteiger partial charge on any atom is 0.255 e. The van der Waals surface area contributed by atoms with Crippen LogP contribution >= 0.6 is 0 Å². The summed E-state index contributed by atoms with van der Waals surface area (Å²) in [6.45, 7) is 6.09. The highest BCUT2D eigenvalue weighted by Crippen LogP contribution is 2.31. The lowest BCUT2D eigenvalue weighted by Gasteiger charge is -2.20. The molecule has 26 heavy (non-hydrogen) atoms. The van der Waals surface area contributed by atoms with Gasteiger partial charge in [-0.2, -0.15) is 0 Å². The Bertz CT molecular complexity index is 929. The van der Waals surface area contributed by atoms with Gasteiger partial charge in [0, 0.05) is 19.7 Å². The van der Waals surface area contributed by atoms with Gasteiger partial charge in [-0.1, -0.05) is 32.9 Å². The molecule has 2 rings (SSSR count). The van der Waals surface area contributed by atoms with E-state index in [4.69, 9.17) is 0 Å². The average Bonchev–Trinajstić information content (AvgIpc) is 2.55. The molecule has 0 aliphatic heterocycles. The quantitative estimate of drug-likeness (QED) is 0.803. The van der Waals surface area contributed by atoms with Crippen molar-refractivity contribution >= 4 is 21.6 Å². The van der Waals surface area contributed by atoms with Crippen LogP contribution < -0.4 is 5.32 Å². The first kappa shape index (κ1) is 19.9. The van der Waals surface area contributed by atoms with Crippen molar-refractivity contribution in [1.29, 1.82) is 0 Å². The molecule has 0 aliphatic rings. The number of anilines is 1. The molecule has 6 nitrogen and oxygen atoms in total. The lowest BCUT2D eigenvalue weighted by atomic mass is 9.87. The number of phenolic OH excluding ortho intramolecular Hbond substituents is 1. The van der Waals surface area contributed by atoms with E-state index in [1.165, 1.54) is 44.4 Å². The Balaban J connectivity index is 2.35. The van der Waals surface area contributed by atoms with Crippen LogP contribution in [-0.4, -0.2) is 37.8 Å². The molecular formula is C19H24N2O4S. The zero-order valence-electron chi connectivity index (χ0n) is 15.6. The Labute approximate surface area is 154 Å². The van der Waals surface area contributed by atoms with Crippen LogP contribution in [0.4, 0.5) is 5.69 Å². The first-order chi connectivity index (χ1) is 11.9. The second-order valence-electron chi connectivity index (χ2n) is 7.25. The number of phenols is 1. The van der Waals surface area contributed by atoms with Gasteiger partial charge in [0.2, 0.25) is 10.0 Å². The van der Waals surface area contributed by atoms with E-state index in [1.807, 2.05) is 20.8 Å². The van der Waals surface area contributed by atoms with Crippen molar-refractivity contribution in [3.63, 3.8) is 0 Å². The Morgan fingerprint density at radius 2 is 1.73 bits per heavy atom. The van der Waals surface area contributed by atoms with Crippen molar-refractivity contribution in [2.45, 2.75) is 31.1 Å². The third-order valence-electron chi connectivity index (χ3n) is 3.99. The molecule has 0 radical (unpaired) electrons. The predicted octanol–water partition coefficient (Wildman–Crippen LogP) is 3.19. The number of nitrogens with one attached hydrogen (secondary N) is 1. The Morgan fingerprint density at radius 1 is 1.08 bits per heavy atom.